The van der Waals surface area contributed by atoms with Crippen LogP contribution < -0.4 is 0 Å². The second kappa shape index (κ2) is 4.76. The van der Waals surface area contributed by atoms with E-state index in [0.717, 1.165) is 18.9 Å². The number of phenols is 1. The zero-order valence-corrected chi connectivity index (χ0v) is 10.7. The Kier molecular flexibility index (Phi) is 3.48. The van der Waals surface area contributed by atoms with Crippen LogP contribution in [0.1, 0.15) is 36.3 Å². The quantitative estimate of drug-likeness (QED) is 0.882. The molecule has 0 aliphatic heterocycles. The number of hydrogen-bond donors (Lipinski definition) is 2. The number of phenolic OH excluding ortho intramolecular Hbond substituents is 1. The lowest BCUT2D eigenvalue weighted by Crippen LogP contribution is -2.11. The Morgan fingerprint density at radius 2 is 2.22 bits per heavy atom. The van der Waals surface area contributed by atoms with E-state index in [1.165, 1.54) is 6.92 Å². The summed E-state index contributed by atoms with van der Waals surface area (Å²) in [5.74, 6) is -1.82. The van der Waals surface area contributed by atoms with E-state index in [1.807, 2.05) is 0 Å². The minimum atomic E-state index is -0.953. The van der Waals surface area contributed by atoms with Gasteiger partial charge in [-0.1, -0.05) is 11.6 Å². The van der Waals surface area contributed by atoms with E-state index in [-0.39, 0.29) is 34.6 Å². The number of aromatic hydroxyl groups is 1. The van der Waals surface area contributed by atoms with Crippen LogP contribution in [0.5, 0.6) is 5.75 Å². The van der Waals surface area contributed by atoms with Gasteiger partial charge in [0.05, 0.1) is 11.4 Å². The van der Waals surface area contributed by atoms with E-state index in [0.29, 0.717) is 5.56 Å². The van der Waals surface area contributed by atoms with Gasteiger partial charge in [0.1, 0.15) is 11.6 Å². The van der Waals surface area contributed by atoms with Crippen LogP contribution in [0, 0.1) is 18.7 Å². The Bertz CT molecular complexity index is 471. The van der Waals surface area contributed by atoms with Crippen molar-refractivity contribution in [3.05, 3.63) is 28.0 Å². The first-order valence-electron chi connectivity index (χ1n) is 5.81. The van der Waals surface area contributed by atoms with Gasteiger partial charge in [-0.2, -0.15) is 0 Å². The van der Waals surface area contributed by atoms with Gasteiger partial charge in [-0.15, -0.1) is 0 Å². The second-order valence-corrected chi connectivity index (χ2v) is 5.18. The van der Waals surface area contributed by atoms with Crippen molar-refractivity contribution < 1.29 is 19.4 Å². The molecular formula is C13H14ClFO3. The first kappa shape index (κ1) is 13.1. The van der Waals surface area contributed by atoms with Gasteiger partial charge in [-0.3, -0.25) is 4.79 Å². The number of halogens is 2. The molecule has 1 aliphatic rings. The molecular weight excluding hydrogens is 259 g/mol. The van der Waals surface area contributed by atoms with Crippen molar-refractivity contribution in [2.45, 2.75) is 32.1 Å². The first-order chi connectivity index (χ1) is 8.41. The van der Waals surface area contributed by atoms with Crippen LogP contribution in [0.2, 0.25) is 5.02 Å². The van der Waals surface area contributed by atoms with Gasteiger partial charge in [0.2, 0.25) is 0 Å². The van der Waals surface area contributed by atoms with Gasteiger partial charge in [0.25, 0.3) is 0 Å². The third-order valence-electron chi connectivity index (χ3n) is 3.45. The maximum Gasteiger partial charge on any atom is 0.303 e. The second-order valence-electron chi connectivity index (χ2n) is 4.77. The summed E-state index contributed by atoms with van der Waals surface area (Å²) in [5, 5.41) is 18.8. The molecule has 2 N–H and O–H groups in total. The lowest BCUT2D eigenvalue weighted by molar-refractivity contribution is -0.137. The number of hydrogen-bond acceptors (Lipinski definition) is 2. The molecule has 5 heteroatoms. The summed E-state index contributed by atoms with van der Waals surface area (Å²) in [5.41, 5.74) is 0.639. The Morgan fingerprint density at radius 3 is 2.72 bits per heavy atom. The molecule has 3 nitrogen and oxygen atoms in total. The van der Waals surface area contributed by atoms with E-state index in [1.54, 1.807) is 0 Å². The molecule has 0 aromatic heterocycles. The Balaban J connectivity index is 2.49. The SMILES string of the molecule is Cc1c(F)cc(Cl)c(O)c1C(CC(=O)O)C1CC1. The average molecular weight is 273 g/mol. The highest BCUT2D eigenvalue weighted by Gasteiger charge is 2.37. The summed E-state index contributed by atoms with van der Waals surface area (Å²) < 4.78 is 13.7. The Morgan fingerprint density at radius 1 is 1.61 bits per heavy atom. The summed E-state index contributed by atoms with van der Waals surface area (Å²) in [6.45, 7) is 1.54. The smallest absolute Gasteiger partial charge is 0.303 e. The third kappa shape index (κ3) is 2.43. The monoisotopic (exact) mass is 272 g/mol. The molecule has 1 aromatic carbocycles. The molecule has 0 saturated heterocycles. The molecule has 1 atom stereocenters. The number of aliphatic carboxylic acids is 1. The number of carboxylic acid groups (broad SMARTS) is 1. The van der Waals surface area contributed by atoms with Gasteiger partial charge < -0.3 is 10.2 Å². The number of carbonyl (C=O) groups is 1. The van der Waals surface area contributed by atoms with Crippen molar-refractivity contribution in [2.75, 3.05) is 0 Å². The van der Waals surface area contributed by atoms with E-state index in [4.69, 9.17) is 16.7 Å². The minimum absolute atomic E-state index is 0.0656. The Labute approximate surface area is 109 Å². The number of rotatable bonds is 4. The lowest BCUT2D eigenvalue weighted by atomic mass is 9.87. The fourth-order valence-corrected chi connectivity index (χ4v) is 2.57. The number of benzene rings is 1. The highest BCUT2D eigenvalue weighted by Crippen LogP contribution is 2.49. The van der Waals surface area contributed by atoms with Crippen LogP contribution in [-0.4, -0.2) is 16.2 Å². The van der Waals surface area contributed by atoms with Crippen LogP contribution in [0.4, 0.5) is 4.39 Å². The highest BCUT2D eigenvalue weighted by atomic mass is 35.5. The largest absolute Gasteiger partial charge is 0.506 e. The molecule has 1 unspecified atom stereocenters. The maximum absolute atomic E-state index is 13.7. The summed E-state index contributed by atoms with van der Waals surface area (Å²) in [6.07, 6.45) is 1.70. The normalized spacial score (nSPS) is 16.6. The highest BCUT2D eigenvalue weighted by molar-refractivity contribution is 6.32. The molecule has 1 aromatic rings. The summed E-state index contributed by atoms with van der Waals surface area (Å²) in [6, 6.07) is 1.06. The van der Waals surface area contributed by atoms with Crippen molar-refractivity contribution in [1.82, 2.24) is 0 Å². The molecule has 0 bridgehead atoms. The predicted octanol–water partition coefficient (Wildman–Crippen LogP) is 3.46. The molecule has 98 valence electrons. The lowest BCUT2D eigenvalue weighted by Gasteiger charge is -2.19. The van der Waals surface area contributed by atoms with Crippen LogP contribution in [-0.2, 0) is 4.79 Å². The van der Waals surface area contributed by atoms with Gasteiger partial charge in [-0.25, -0.2) is 4.39 Å². The zero-order chi connectivity index (χ0) is 13.4. The molecule has 1 fully saturated rings. The third-order valence-corrected chi connectivity index (χ3v) is 3.74. The minimum Gasteiger partial charge on any atom is -0.506 e. The van der Waals surface area contributed by atoms with Crippen molar-refractivity contribution in [3.8, 4) is 5.75 Å². The topological polar surface area (TPSA) is 57.5 Å². The summed E-state index contributed by atoms with van der Waals surface area (Å²) in [4.78, 5) is 10.9. The van der Waals surface area contributed by atoms with Crippen molar-refractivity contribution >= 4 is 17.6 Å². The fourth-order valence-electron chi connectivity index (χ4n) is 2.37. The Hall–Kier alpha value is -1.29. The zero-order valence-electron chi connectivity index (χ0n) is 9.91. The fraction of sp³-hybridized carbons (Fsp3) is 0.462. The van der Waals surface area contributed by atoms with Gasteiger partial charge >= 0.3 is 5.97 Å². The van der Waals surface area contributed by atoms with Crippen molar-refractivity contribution in [1.29, 1.82) is 0 Å². The van der Waals surface area contributed by atoms with Gasteiger partial charge in [-0.05, 0) is 37.3 Å². The molecule has 0 amide bonds. The number of carboxylic acids is 1. The molecule has 1 aliphatic carbocycles. The van der Waals surface area contributed by atoms with Crippen LogP contribution >= 0.6 is 11.6 Å². The summed E-state index contributed by atoms with van der Waals surface area (Å²) in [7, 11) is 0. The van der Waals surface area contributed by atoms with Crippen LogP contribution in [0.25, 0.3) is 0 Å². The van der Waals surface area contributed by atoms with Crippen molar-refractivity contribution in [3.63, 3.8) is 0 Å². The van der Waals surface area contributed by atoms with Crippen molar-refractivity contribution in [2.24, 2.45) is 5.92 Å². The first-order valence-corrected chi connectivity index (χ1v) is 6.18. The molecule has 0 heterocycles. The molecule has 2 rings (SSSR count). The van der Waals surface area contributed by atoms with Gasteiger partial charge in [0.15, 0.2) is 0 Å². The molecule has 18 heavy (non-hydrogen) atoms. The standard InChI is InChI=1S/C13H14ClFO3/c1-6-10(15)5-9(14)13(18)12(6)8(4-11(16)17)7-2-3-7/h5,7-8,18H,2-4H2,1H3,(H,16,17). The van der Waals surface area contributed by atoms with E-state index >= 15 is 0 Å². The van der Waals surface area contributed by atoms with Gasteiger partial charge in [0, 0.05) is 11.5 Å². The molecule has 0 radical (unpaired) electrons. The van der Waals surface area contributed by atoms with E-state index < -0.39 is 11.8 Å². The average Bonchev–Trinajstić information content (AvgIpc) is 3.08. The van der Waals surface area contributed by atoms with Crippen LogP contribution in [0.15, 0.2) is 6.07 Å². The summed E-state index contributed by atoms with van der Waals surface area (Å²) >= 11 is 5.76. The van der Waals surface area contributed by atoms with E-state index in [2.05, 4.69) is 0 Å². The van der Waals surface area contributed by atoms with Crippen LogP contribution in [0.3, 0.4) is 0 Å². The predicted molar refractivity (Wildman–Crippen MR) is 65.5 cm³/mol. The van der Waals surface area contributed by atoms with E-state index in [9.17, 15) is 14.3 Å². The molecule has 1 saturated carbocycles. The maximum atomic E-state index is 13.7. The molecule has 0 spiro atoms.